The third kappa shape index (κ3) is 6.10. The molecule has 0 bridgehead atoms. The monoisotopic (exact) mass is 447 g/mol. The largest absolute Gasteiger partial charge is 0.328 e. The highest BCUT2D eigenvalue weighted by Gasteiger charge is 2.28. The predicted octanol–water partition coefficient (Wildman–Crippen LogP) is 6.26. The van der Waals surface area contributed by atoms with Crippen LogP contribution in [-0.4, -0.2) is 20.4 Å². The minimum absolute atomic E-state index is 0.0223. The van der Waals surface area contributed by atoms with Crippen molar-refractivity contribution >= 4 is 16.8 Å². The molecule has 0 aliphatic rings. The Morgan fingerprint density at radius 2 is 1.67 bits per heavy atom. The van der Waals surface area contributed by atoms with Gasteiger partial charge in [-0.05, 0) is 37.0 Å². The Morgan fingerprint density at radius 1 is 0.939 bits per heavy atom. The van der Waals surface area contributed by atoms with Crippen molar-refractivity contribution in [3.8, 4) is 0 Å². The summed E-state index contributed by atoms with van der Waals surface area (Å²) in [6.07, 6.45) is 6.29. The quantitative estimate of drug-likeness (QED) is 0.308. The third-order valence-electron chi connectivity index (χ3n) is 6.16. The maximum absolute atomic E-state index is 13.5. The fourth-order valence-corrected chi connectivity index (χ4v) is 4.42. The zero-order valence-electron chi connectivity index (χ0n) is 20.3. The van der Waals surface area contributed by atoms with Crippen molar-refractivity contribution in [1.29, 1.82) is 0 Å². The molecule has 0 N–H and O–H groups in total. The second-order valence-electron chi connectivity index (χ2n) is 8.69. The molecule has 3 rings (SSSR count). The van der Waals surface area contributed by atoms with Crippen LogP contribution in [0.2, 0.25) is 0 Å². The molecule has 0 radical (unpaired) electrons. The first kappa shape index (κ1) is 24.7. The van der Waals surface area contributed by atoms with Gasteiger partial charge in [-0.25, -0.2) is 4.98 Å². The Kier molecular flexibility index (Phi) is 9.23. The molecule has 3 aromatic rings. The number of para-hydroxylation sites is 1. The highest BCUT2D eigenvalue weighted by atomic mass is 16.2. The summed E-state index contributed by atoms with van der Waals surface area (Å²) in [7, 11) is 0. The SMILES string of the molecule is CCCCCCC(=O)N(Cc1ccccc1)C(CC)c1nc2ccccc2c(=O)n1CCC. The molecule has 1 unspecified atom stereocenters. The summed E-state index contributed by atoms with van der Waals surface area (Å²) in [5, 5.41) is 0.630. The minimum Gasteiger partial charge on any atom is -0.328 e. The van der Waals surface area contributed by atoms with E-state index >= 15 is 0 Å². The average molecular weight is 448 g/mol. The van der Waals surface area contributed by atoms with Crippen molar-refractivity contribution < 1.29 is 4.79 Å². The first-order chi connectivity index (χ1) is 16.1. The van der Waals surface area contributed by atoms with E-state index in [1.165, 1.54) is 0 Å². The fraction of sp³-hybridized carbons (Fsp3) is 0.464. The summed E-state index contributed by atoms with van der Waals surface area (Å²) in [6, 6.07) is 17.3. The lowest BCUT2D eigenvalue weighted by Crippen LogP contribution is -2.38. The Balaban J connectivity index is 2.05. The number of nitrogens with zero attached hydrogens (tertiary/aromatic N) is 3. The molecule has 5 heteroatoms. The van der Waals surface area contributed by atoms with Crippen LogP contribution < -0.4 is 5.56 Å². The van der Waals surface area contributed by atoms with Crippen LogP contribution in [0.3, 0.4) is 0 Å². The number of carbonyl (C=O) groups is 1. The molecule has 0 saturated heterocycles. The lowest BCUT2D eigenvalue weighted by atomic mass is 10.1. The van der Waals surface area contributed by atoms with Crippen LogP contribution in [0.15, 0.2) is 59.4 Å². The van der Waals surface area contributed by atoms with Crippen LogP contribution >= 0.6 is 0 Å². The highest BCUT2D eigenvalue weighted by molar-refractivity contribution is 5.78. The molecule has 33 heavy (non-hydrogen) atoms. The van der Waals surface area contributed by atoms with Crippen molar-refractivity contribution in [3.63, 3.8) is 0 Å². The van der Waals surface area contributed by atoms with Crippen molar-refractivity contribution in [1.82, 2.24) is 14.5 Å². The van der Waals surface area contributed by atoms with Gasteiger partial charge in [-0.15, -0.1) is 0 Å². The van der Waals surface area contributed by atoms with Gasteiger partial charge in [0.05, 0.1) is 16.9 Å². The van der Waals surface area contributed by atoms with Gasteiger partial charge in [0.1, 0.15) is 5.82 Å². The normalized spacial score (nSPS) is 12.1. The Bertz CT molecular complexity index is 1090. The van der Waals surface area contributed by atoms with Gasteiger partial charge in [-0.1, -0.05) is 82.5 Å². The summed E-state index contributed by atoms with van der Waals surface area (Å²) in [5.41, 5.74) is 1.76. The summed E-state index contributed by atoms with van der Waals surface area (Å²) in [5.74, 6) is 0.827. The standard InChI is InChI=1S/C28H37N3O2/c1-4-7-8-12-19-26(32)31(21-22-15-10-9-11-16-22)25(6-3)27-29-24-18-14-13-17-23(24)28(33)30(27)20-5-2/h9-11,13-18,25H,4-8,12,19-21H2,1-3H3. The van der Waals surface area contributed by atoms with E-state index in [1.807, 2.05) is 47.4 Å². The van der Waals surface area contributed by atoms with Crippen molar-refractivity contribution in [2.45, 2.75) is 84.8 Å². The topological polar surface area (TPSA) is 55.2 Å². The van der Waals surface area contributed by atoms with Crippen LogP contribution in [-0.2, 0) is 17.9 Å². The maximum Gasteiger partial charge on any atom is 0.261 e. The number of rotatable bonds is 12. The van der Waals surface area contributed by atoms with Crippen LogP contribution in [0, 0.1) is 0 Å². The van der Waals surface area contributed by atoms with E-state index in [-0.39, 0.29) is 17.5 Å². The first-order valence-electron chi connectivity index (χ1n) is 12.4. The molecule has 2 aromatic carbocycles. The van der Waals surface area contributed by atoms with Gasteiger partial charge in [0.2, 0.25) is 5.91 Å². The van der Waals surface area contributed by atoms with E-state index in [2.05, 4.69) is 32.9 Å². The summed E-state index contributed by atoms with van der Waals surface area (Å²) < 4.78 is 1.79. The van der Waals surface area contributed by atoms with Crippen LogP contribution in [0.1, 0.15) is 83.1 Å². The first-order valence-corrected chi connectivity index (χ1v) is 12.4. The average Bonchev–Trinajstić information content (AvgIpc) is 2.84. The zero-order chi connectivity index (χ0) is 23.6. The highest BCUT2D eigenvalue weighted by Crippen LogP contribution is 2.27. The lowest BCUT2D eigenvalue weighted by molar-refractivity contribution is -0.135. The van der Waals surface area contributed by atoms with Gasteiger partial charge in [0.25, 0.3) is 5.56 Å². The predicted molar refractivity (Wildman–Crippen MR) is 135 cm³/mol. The minimum atomic E-state index is -0.257. The molecule has 1 amide bonds. The summed E-state index contributed by atoms with van der Waals surface area (Å²) >= 11 is 0. The fourth-order valence-electron chi connectivity index (χ4n) is 4.42. The number of amides is 1. The second-order valence-corrected chi connectivity index (χ2v) is 8.69. The van der Waals surface area contributed by atoms with Gasteiger partial charge >= 0.3 is 0 Å². The number of hydrogen-bond acceptors (Lipinski definition) is 3. The molecular weight excluding hydrogens is 410 g/mol. The van der Waals surface area contributed by atoms with E-state index in [9.17, 15) is 9.59 Å². The van der Waals surface area contributed by atoms with Crippen molar-refractivity contribution in [3.05, 3.63) is 76.3 Å². The summed E-state index contributed by atoms with van der Waals surface area (Å²) in [4.78, 5) is 33.8. The molecule has 0 fully saturated rings. The molecule has 1 atom stereocenters. The second kappa shape index (κ2) is 12.3. The molecule has 0 aliphatic heterocycles. The number of benzene rings is 2. The Labute approximate surface area is 197 Å². The number of aromatic nitrogens is 2. The number of unbranched alkanes of at least 4 members (excludes halogenated alkanes) is 3. The van der Waals surface area contributed by atoms with Crippen LogP contribution in [0.5, 0.6) is 0 Å². The summed E-state index contributed by atoms with van der Waals surface area (Å²) in [6.45, 7) is 7.42. The number of hydrogen-bond donors (Lipinski definition) is 0. The molecule has 0 saturated carbocycles. The smallest absolute Gasteiger partial charge is 0.261 e. The van der Waals surface area contributed by atoms with E-state index < -0.39 is 0 Å². The molecule has 1 heterocycles. The van der Waals surface area contributed by atoms with Gasteiger partial charge in [-0.3, -0.25) is 14.2 Å². The van der Waals surface area contributed by atoms with Gasteiger partial charge in [0, 0.05) is 19.5 Å². The van der Waals surface area contributed by atoms with E-state index in [4.69, 9.17) is 4.98 Å². The molecule has 1 aromatic heterocycles. The molecule has 5 nitrogen and oxygen atoms in total. The van der Waals surface area contributed by atoms with Crippen LogP contribution in [0.4, 0.5) is 0 Å². The molecule has 0 spiro atoms. The van der Waals surface area contributed by atoms with Crippen LogP contribution in [0.25, 0.3) is 10.9 Å². The van der Waals surface area contributed by atoms with E-state index in [0.717, 1.165) is 37.7 Å². The molecule has 176 valence electrons. The Morgan fingerprint density at radius 3 is 2.36 bits per heavy atom. The molecular formula is C28H37N3O2. The number of carbonyl (C=O) groups excluding carboxylic acids is 1. The van der Waals surface area contributed by atoms with Crippen molar-refractivity contribution in [2.24, 2.45) is 0 Å². The van der Waals surface area contributed by atoms with Gasteiger partial charge in [-0.2, -0.15) is 0 Å². The van der Waals surface area contributed by atoms with Crippen molar-refractivity contribution in [2.75, 3.05) is 0 Å². The maximum atomic E-state index is 13.5. The Hall–Kier alpha value is -2.95. The molecule has 0 aliphatic carbocycles. The van der Waals surface area contributed by atoms with Gasteiger partial charge < -0.3 is 4.90 Å². The van der Waals surface area contributed by atoms with Gasteiger partial charge in [0.15, 0.2) is 0 Å². The van der Waals surface area contributed by atoms with E-state index in [0.29, 0.717) is 42.7 Å². The van der Waals surface area contributed by atoms with E-state index in [1.54, 1.807) is 4.57 Å². The number of fused-ring (bicyclic) bond motifs is 1. The zero-order valence-corrected chi connectivity index (χ0v) is 20.3. The third-order valence-corrected chi connectivity index (χ3v) is 6.16. The lowest BCUT2D eigenvalue weighted by Gasteiger charge is -2.32.